The van der Waals surface area contributed by atoms with Gasteiger partial charge in [-0.15, -0.1) is 18.2 Å². The number of rotatable bonds is 5. The van der Waals surface area contributed by atoms with Gasteiger partial charge in [0.15, 0.2) is 5.58 Å². The van der Waals surface area contributed by atoms with Crippen molar-refractivity contribution < 1.29 is 31.7 Å². The van der Waals surface area contributed by atoms with Crippen molar-refractivity contribution in [1.82, 2.24) is 14.5 Å². The van der Waals surface area contributed by atoms with Gasteiger partial charge in [-0.3, -0.25) is 4.98 Å². The zero-order chi connectivity index (χ0) is 40.4. The number of benzene rings is 6. The second-order valence-corrected chi connectivity index (χ2v) is 26.8. The quantitative estimate of drug-likeness (QED) is 0.127. The average molecular weight is 985 g/mol. The van der Waals surface area contributed by atoms with Crippen LogP contribution in [0.4, 0.5) is 0 Å². The maximum Gasteiger partial charge on any atom is 0.158 e. The molecule has 57 heavy (non-hydrogen) atoms. The number of para-hydroxylation sites is 5. The third-order valence-corrected chi connectivity index (χ3v) is 14.2. The van der Waals surface area contributed by atoms with Gasteiger partial charge in [0, 0.05) is 36.3 Å². The van der Waals surface area contributed by atoms with Crippen molar-refractivity contribution in [3.05, 3.63) is 157 Å². The summed E-state index contributed by atoms with van der Waals surface area (Å²) in [6.07, 6.45) is 0.502. The summed E-state index contributed by atoms with van der Waals surface area (Å²) < 4.78 is 33.6. The van der Waals surface area contributed by atoms with Crippen molar-refractivity contribution in [2.45, 2.75) is 44.4 Å². The minimum Gasteiger partial charge on any atom is -0.501 e. The number of aromatic nitrogens is 3. The molecule has 4 heterocycles. The van der Waals surface area contributed by atoms with E-state index in [2.05, 4.69) is 81.4 Å². The molecule has 0 spiro atoms. The van der Waals surface area contributed by atoms with Gasteiger partial charge < -0.3 is 13.4 Å². The molecule has 285 valence electrons. The fraction of sp³-hybridized carbons (Fsp3) is 0.160. The van der Waals surface area contributed by atoms with Crippen molar-refractivity contribution in [1.29, 1.82) is 0 Å². The second-order valence-electron chi connectivity index (χ2n) is 16.2. The molecule has 10 rings (SSSR count). The van der Waals surface area contributed by atoms with E-state index in [1.54, 1.807) is 0 Å². The van der Waals surface area contributed by atoms with Crippen LogP contribution in [0, 0.1) is 17.5 Å². The smallest absolute Gasteiger partial charge is 0.158 e. The molecule has 0 saturated heterocycles. The molecule has 5 nitrogen and oxygen atoms in total. The Labute approximate surface area is 352 Å². The van der Waals surface area contributed by atoms with Crippen LogP contribution in [0.5, 0.6) is 0 Å². The van der Waals surface area contributed by atoms with Gasteiger partial charge in [-0.25, -0.2) is 0 Å². The zero-order valence-electron chi connectivity index (χ0n) is 34.8. The number of nitrogens with zero attached hydrogens (tertiary/aromatic N) is 3. The van der Waals surface area contributed by atoms with Crippen molar-refractivity contribution >= 4 is 72.6 Å². The number of pyridine rings is 1. The molecule has 0 unspecified atom stereocenters. The summed E-state index contributed by atoms with van der Waals surface area (Å²) >= 11 is -2.24. The summed E-state index contributed by atoms with van der Waals surface area (Å²) in [5, 5.41) is 4.31. The standard InChI is InChI=1S/C31H17N2O2.C19H26GeN.Ir/c1-5-17-27-19(9-1)21-11-7-13-23(29(21)34-27)31-32-24-14-3-4-15-25(24)33(31)26-16-8-12-22-20-10-2-6-18-28(20)35-30(22)26;1-19(2,3)13-16-12-18(15-10-8-7-9-11-15)21-14-17(16)20(4,5)6;/h1-12,14-18H;7-10,12,14H,13H2,1-6H3;/q2*-1;/i;13D2;. The maximum atomic E-state index is 8.76. The first-order chi connectivity index (χ1) is 27.8. The summed E-state index contributed by atoms with van der Waals surface area (Å²) in [5.41, 5.74) is 9.01. The number of hydrogen-bond donors (Lipinski definition) is 0. The van der Waals surface area contributed by atoms with E-state index in [9.17, 15) is 0 Å². The van der Waals surface area contributed by atoms with E-state index in [0.717, 1.165) is 93.2 Å². The molecule has 6 aromatic carbocycles. The summed E-state index contributed by atoms with van der Waals surface area (Å²) in [6, 6.07) is 51.0. The van der Waals surface area contributed by atoms with Gasteiger partial charge in [0.25, 0.3) is 0 Å². The molecular weight excluding hydrogens is 939 g/mol. The van der Waals surface area contributed by atoms with Crippen LogP contribution in [0.25, 0.3) is 83.2 Å². The van der Waals surface area contributed by atoms with E-state index < -0.39 is 25.1 Å². The summed E-state index contributed by atoms with van der Waals surface area (Å²) in [6.45, 7) is 5.88. The molecule has 10 aromatic rings. The molecule has 0 fully saturated rings. The molecule has 0 N–H and O–H groups in total. The van der Waals surface area contributed by atoms with Gasteiger partial charge in [-0.2, -0.15) is 0 Å². The third-order valence-electron chi connectivity index (χ3n) is 9.95. The molecule has 1 radical (unpaired) electrons. The fourth-order valence-corrected chi connectivity index (χ4v) is 10.4. The van der Waals surface area contributed by atoms with Gasteiger partial charge in [0.05, 0.1) is 28.1 Å². The van der Waals surface area contributed by atoms with Crippen LogP contribution in [0.3, 0.4) is 0 Å². The second kappa shape index (κ2) is 15.2. The van der Waals surface area contributed by atoms with Gasteiger partial charge in [0.1, 0.15) is 11.2 Å². The number of hydrogen-bond acceptors (Lipinski definition) is 4. The third kappa shape index (κ3) is 7.38. The van der Waals surface area contributed by atoms with E-state index in [1.807, 2.05) is 118 Å². The molecule has 4 aromatic heterocycles. The van der Waals surface area contributed by atoms with E-state index >= 15 is 0 Å². The van der Waals surface area contributed by atoms with Crippen LogP contribution < -0.4 is 4.40 Å². The Morgan fingerprint density at radius 1 is 0.702 bits per heavy atom. The molecule has 0 amide bonds. The van der Waals surface area contributed by atoms with Crippen molar-refractivity contribution in [3.8, 4) is 28.3 Å². The van der Waals surface area contributed by atoms with Crippen LogP contribution in [-0.4, -0.2) is 27.8 Å². The first-order valence-corrected chi connectivity index (χ1v) is 26.3. The first-order valence-electron chi connectivity index (χ1n) is 20.0. The zero-order valence-corrected chi connectivity index (χ0v) is 37.3. The van der Waals surface area contributed by atoms with E-state index in [-0.39, 0.29) is 20.1 Å². The average Bonchev–Trinajstić information content (AvgIpc) is 3.92. The van der Waals surface area contributed by atoms with Crippen LogP contribution in [0.2, 0.25) is 17.3 Å². The first kappa shape index (κ1) is 36.1. The van der Waals surface area contributed by atoms with Crippen LogP contribution in [0.15, 0.2) is 148 Å². The number of imidazole rings is 1. The molecule has 0 aliphatic carbocycles. The molecule has 0 atom stereocenters. The summed E-state index contributed by atoms with van der Waals surface area (Å²) in [4.78, 5) is 9.69. The Kier molecular flexibility index (Phi) is 9.65. The minimum absolute atomic E-state index is 0. The Bertz CT molecular complexity index is 3140. The Morgan fingerprint density at radius 3 is 2.05 bits per heavy atom. The summed E-state index contributed by atoms with van der Waals surface area (Å²) in [5.74, 6) is 7.62. The Hall–Kier alpha value is -5.27. The van der Waals surface area contributed by atoms with Gasteiger partial charge in [0.2, 0.25) is 0 Å². The SMILES string of the molecule is [2H]C([2H])(c1cc(-c2[c-]cccc2)nc[c]1[Ge]([CH3])([CH3])[CH3])C(C)(C)C.[Ir].[c-]1ccc2c(oc3ccccc32)c1-c1nc2ccccc2n1-c1cccc2c1oc1ccccc12. The van der Waals surface area contributed by atoms with Gasteiger partial charge in [-0.1, -0.05) is 71.6 Å². The molecule has 0 bridgehead atoms. The molecule has 7 heteroatoms. The van der Waals surface area contributed by atoms with Gasteiger partial charge in [-0.05, 0) is 30.3 Å². The number of furan rings is 2. The van der Waals surface area contributed by atoms with Crippen molar-refractivity contribution in [2.24, 2.45) is 5.41 Å². The van der Waals surface area contributed by atoms with Crippen molar-refractivity contribution in [3.63, 3.8) is 0 Å². The predicted octanol–water partition coefficient (Wildman–Crippen LogP) is 13.0. The molecule has 0 aliphatic rings. The van der Waals surface area contributed by atoms with E-state index in [4.69, 9.17) is 16.6 Å². The van der Waals surface area contributed by atoms with Crippen molar-refractivity contribution in [2.75, 3.05) is 0 Å². The summed E-state index contributed by atoms with van der Waals surface area (Å²) in [7, 11) is 0. The fourth-order valence-electron chi connectivity index (χ4n) is 7.46. The van der Waals surface area contributed by atoms with Crippen LogP contribution >= 0.6 is 0 Å². The maximum absolute atomic E-state index is 8.76. The monoisotopic (exact) mass is 986 g/mol. The topological polar surface area (TPSA) is 57.0 Å². The Morgan fingerprint density at radius 2 is 1.35 bits per heavy atom. The van der Waals surface area contributed by atoms with E-state index in [1.165, 1.54) is 0 Å². The van der Waals surface area contributed by atoms with Crippen LogP contribution in [-0.2, 0) is 26.5 Å². The molecule has 0 aliphatic heterocycles. The largest absolute Gasteiger partial charge is 0.501 e. The van der Waals surface area contributed by atoms with Crippen LogP contribution in [0.1, 0.15) is 29.1 Å². The predicted molar refractivity (Wildman–Crippen MR) is 235 cm³/mol. The minimum atomic E-state index is -2.24. The molecular formula is C50H43GeIrN3O2-2. The molecule has 0 saturated carbocycles. The van der Waals surface area contributed by atoms with E-state index in [0.29, 0.717) is 0 Å². The van der Waals surface area contributed by atoms with Gasteiger partial charge >= 0.3 is 135 Å². The number of fused-ring (bicyclic) bond motifs is 7. The Balaban J connectivity index is 0.000000177. The normalized spacial score (nSPS) is 12.7.